The molecule has 0 unspecified atom stereocenters. The predicted molar refractivity (Wildman–Crippen MR) is 548 cm³/mol. The van der Waals surface area contributed by atoms with Gasteiger partial charge in [0.25, 0.3) is 11.8 Å². The summed E-state index contributed by atoms with van der Waals surface area (Å²) in [5.41, 5.74) is 5.03. The normalized spacial score (nSPS) is 21.0. The number of methoxy groups -OCH3 is 1. The summed E-state index contributed by atoms with van der Waals surface area (Å²) in [6, 6.07) is 9.16. The number of carbonyl (C=O) groups excluding carboxylic acids is 14. The molecule has 0 radical (unpaired) electrons. The average Bonchev–Trinajstić information content (AvgIpc) is 1.62. The van der Waals surface area contributed by atoms with Crippen molar-refractivity contribution in [1.82, 2.24) is 18.3 Å². The molecule has 8 aliphatic rings. The SMILES string of the molecule is CC1(CC(=O)C(=O)c2c(Cl)c(C(=O)Nc3ccc(F)c(F)c3)c3n2CCC3)CCC(CC(=O)O)CC1.CC1(CC(=O)C(=O)c2c(Cl)c(C(=O)Nc3ccc(F)c(F)c3)c3n2CCC3)CCC(CC(=O)OC(C)(C)C)CC1.CC1(CC(=O)C(=O)c2c(Cl)c(C(=O)O)c3n2CCC3)CCC(CC(=O)OC(C)(C)C)CC1.COC(=O)c1c(Cl)c(C(=O)C(=O)CC2(C)CCC(CC(=O)OC(C)(C)C)CC2)n2c1CCC2.Nc1ccc(F)c(F)c1. The van der Waals surface area contributed by atoms with Crippen LogP contribution in [0.5, 0.6) is 0 Å². The Hall–Kier alpha value is -11.6. The van der Waals surface area contributed by atoms with Gasteiger partial charge in [-0.3, -0.25) is 67.1 Å². The maximum Gasteiger partial charge on any atom is 0.341 e. The number of fused-ring (bicyclic) bond motifs is 4. The summed E-state index contributed by atoms with van der Waals surface area (Å²) in [5.74, 6) is -15.0. The number of carboxylic acids is 2. The van der Waals surface area contributed by atoms with E-state index in [1.807, 2.05) is 90.0 Å². The summed E-state index contributed by atoms with van der Waals surface area (Å²) in [7, 11) is 1.27. The van der Waals surface area contributed by atoms with Gasteiger partial charge in [-0.05, 0) is 304 Å². The topological polar surface area (TPSA) is 420 Å². The predicted octanol–water partition coefficient (Wildman–Crippen LogP) is 23.5. The van der Waals surface area contributed by atoms with Crippen molar-refractivity contribution < 1.29 is 132 Å². The number of anilines is 3. The highest BCUT2D eigenvalue weighted by Gasteiger charge is 2.47. The molecule has 4 aromatic heterocycles. The summed E-state index contributed by atoms with van der Waals surface area (Å²) in [6.07, 6.45) is 18.1. The van der Waals surface area contributed by atoms with E-state index in [1.165, 1.54) is 25.3 Å². The lowest BCUT2D eigenvalue weighted by Crippen LogP contribution is -2.32. The van der Waals surface area contributed by atoms with E-state index in [1.54, 1.807) is 18.3 Å². The fraction of sp³-hybridized carbons (Fsp3) is 0.550. The number of nitrogens with two attached hydrogens (primary N) is 1. The first kappa shape index (κ1) is 119. The number of nitrogen functional groups attached to an aromatic ring is 1. The van der Waals surface area contributed by atoms with E-state index in [2.05, 4.69) is 10.6 Å². The summed E-state index contributed by atoms with van der Waals surface area (Å²) in [4.78, 5) is 202. The second-order valence-corrected chi connectivity index (χ2v) is 46.8. The highest BCUT2D eigenvalue weighted by Crippen LogP contribution is 2.50. The van der Waals surface area contributed by atoms with Crippen molar-refractivity contribution in [2.75, 3.05) is 23.5 Å². The van der Waals surface area contributed by atoms with Crippen LogP contribution < -0.4 is 16.4 Å². The van der Waals surface area contributed by atoms with Gasteiger partial charge in [-0.1, -0.05) is 74.1 Å². The summed E-state index contributed by atoms with van der Waals surface area (Å²) >= 11 is 25.7. The van der Waals surface area contributed by atoms with E-state index in [-0.39, 0.29) is 167 Å². The standard InChI is InChI=1S/C30H35ClF2N2O5.C26H27ClF2N2O5.C25H34ClNO6.C24H32ClNO6.C6H5F2N/c1-29(2,3)40-23(37)14-17-9-11-30(4,12-10-17)16-22(36)27(38)26-25(31)24(21-6-5-13-35(21)26)28(39)34-18-7-8-19(32)20(33)15-18;1-26(8-6-14(7-9-26)11-20(33)34)13-19(32)24(35)23-22(27)21(18-3-2-10-31(18)23)25(36)30-15-4-5-16(28)17(29)12-15;1-24(2,3)33-18(29)13-15-8-10-25(4,11-9-15)14-17(28)22(30)21-20(26)19(23(31)32-5)16-7-6-12-27(16)21;1-23(2,3)32-17(28)12-14-7-9-24(4,10-8-14)13-16(27)21(29)20-19(25)18(22(30)31)15-6-5-11-26(15)20;7-5-2-1-4(9)3-6(5)8/h7-8,15,17H,5-6,9-14,16H2,1-4H3,(H,34,39);4-5,12,14H,2-3,6-11,13H2,1H3,(H,30,36)(H,33,34);15H,6-14H2,1-5H3;14H,5-13H2,1-4H3,(H,30,31);1-3H,9H2. The number of hydrogen-bond acceptors (Lipinski definition) is 21. The van der Waals surface area contributed by atoms with Gasteiger partial charge < -0.3 is 63.8 Å². The van der Waals surface area contributed by atoms with Crippen molar-refractivity contribution in [1.29, 1.82) is 0 Å². The fourth-order valence-electron chi connectivity index (χ4n) is 21.6. The lowest BCUT2D eigenvalue weighted by atomic mass is 9.68. The van der Waals surface area contributed by atoms with Gasteiger partial charge >= 0.3 is 35.8 Å². The summed E-state index contributed by atoms with van der Waals surface area (Å²) < 4.78 is 106. The smallest absolute Gasteiger partial charge is 0.341 e. The van der Waals surface area contributed by atoms with Crippen molar-refractivity contribution in [3.05, 3.63) is 177 Å². The minimum atomic E-state index is -1.18. The molecular weight excluding hydrogens is 2040 g/mol. The number of nitrogens with one attached hydrogen (secondary N) is 2. The van der Waals surface area contributed by atoms with Gasteiger partial charge in [0.2, 0.25) is 46.3 Å². The van der Waals surface area contributed by atoms with Crippen LogP contribution in [0.3, 0.4) is 0 Å². The molecule has 8 heterocycles. The number of carboxylic acid groups (broad SMARTS) is 2. The molecule has 7 aromatic rings. The second kappa shape index (κ2) is 49.0. The van der Waals surface area contributed by atoms with Crippen LogP contribution in [0.4, 0.5) is 43.4 Å². The quantitative estimate of drug-likeness (QED) is 0.00697. The Morgan fingerprint density at radius 2 is 0.613 bits per heavy atom. The van der Waals surface area contributed by atoms with Crippen LogP contribution in [0.1, 0.15) is 376 Å². The van der Waals surface area contributed by atoms with Gasteiger partial charge in [-0.2, -0.15) is 0 Å². The lowest BCUT2D eigenvalue weighted by molar-refractivity contribution is -0.157. The average molecular weight is 2170 g/mol. The molecule has 814 valence electrons. The number of esters is 4. The number of carbonyl (C=O) groups is 16. The number of ketones is 8. The van der Waals surface area contributed by atoms with Crippen molar-refractivity contribution >= 4 is 157 Å². The van der Waals surface area contributed by atoms with Crippen LogP contribution in [0, 0.1) is 80.2 Å². The van der Waals surface area contributed by atoms with E-state index < -0.39 is 139 Å². The molecule has 150 heavy (non-hydrogen) atoms. The van der Waals surface area contributed by atoms with Crippen molar-refractivity contribution in [3.8, 4) is 0 Å². The third kappa shape index (κ3) is 30.1. The number of rotatable bonds is 30. The lowest BCUT2D eigenvalue weighted by Gasteiger charge is -2.36. The molecule has 4 fully saturated rings. The Labute approximate surface area is 887 Å². The van der Waals surface area contributed by atoms with Gasteiger partial charge in [0.1, 0.15) is 39.6 Å². The fourth-order valence-corrected chi connectivity index (χ4v) is 23.1. The zero-order chi connectivity index (χ0) is 111. The van der Waals surface area contributed by atoms with Gasteiger partial charge in [0, 0.05) is 130 Å². The highest BCUT2D eigenvalue weighted by atomic mass is 35.5. The third-order valence-electron chi connectivity index (χ3n) is 29.3. The molecule has 3 aromatic carbocycles. The zero-order valence-corrected chi connectivity index (χ0v) is 90.2. The second-order valence-electron chi connectivity index (χ2n) is 45.3. The van der Waals surface area contributed by atoms with Crippen LogP contribution in [0.15, 0.2) is 54.6 Å². The Morgan fingerprint density at radius 3 is 0.860 bits per heavy atom. The number of aliphatic carboxylic acids is 1. The highest BCUT2D eigenvalue weighted by molar-refractivity contribution is 6.51. The molecule has 4 saturated carbocycles. The number of Topliss-reactive ketones (excluding diaryl/α,β-unsaturated/α-hetero) is 8. The van der Waals surface area contributed by atoms with E-state index >= 15 is 0 Å². The van der Waals surface area contributed by atoms with Gasteiger partial charge in [-0.15, -0.1) is 0 Å². The summed E-state index contributed by atoms with van der Waals surface area (Å²) in [5, 5.41) is 23.1. The molecule has 39 heteroatoms. The van der Waals surface area contributed by atoms with Crippen molar-refractivity contribution in [3.63, 3.8) is 0 Å². The molecule has 0 saturated heterocycles. The Bertz CT molecular complexity index is 6410. The third-order valence-corrected chi connectivity index (χ3v) is 30.8. The van der Waals surface area contributed by atoms with E-state index in [0.717, 1.165) is 113 Å². The Balaban J connectivity index is 0.000000185. The van der Waals surface area contributed by atoms with Crippen LogP contribution >= 0.6 is 46.4 Å². The Morgan fingerprint density at radius 1 is 0.367 bits per heavy atom. The first-order valence-corrected chi connectivity index (χ1v) is 52.4. The zero-order valence-electron chi connectivity index (χ0n) is 87.2. The minimum Gasteiger partial charge on any atom is -0.481 e. The number of amides is 2. The van der Waals surface area contributed by atoms with E-state index in [9.17, 15) is 108 Å². The van der Waals surface area contributed by atoms with Crippen LogP contribution in [-0.2, 0) is 109 Å². The van der Waals surface area contributed by atoms with E-state index in [0.29, 0.717) is 145 Å². The van der Waals surface area contributed by atoms with Gasteiger partial charge in [0.15, 0.2) is 34.9 Å². The largest absolute Gasteiger partial charge is 0.481 e. The molecule has 2 amide bonds. The minimum absolute atomic E-state index is 0.00295. The number of halogens is 10. The Kier molecular flexibility index (Phi) is 38.8. The molecule has 4 aliphatic carbocycles. The van der Waals surface area contributed by atoms with Crippen LogP contribution in [0.25, 0.3) is 0 Å². The van der Waals surface area contributed by atoms with Crippen LogP contribution in [-0.4, -0.2) is 146 Å². The first-order chi connectivity index (χ1) is 70.0. The molecule has 15 rings (SSSR count). The summed E-state index contributed by atoms with van der Waals surface area (Å²) in [6.45, 7) is 26.4. The number of benzene rings is 3. The molecule has 4 aliphatic heterocycles. The molecule has 0 spiro atoms. The number of aromatic nitrogens is 4. The molecular formula is C111H133Cl4F6N7O22. The van der Waals surface area contributed by atoms with Gasteiger partial charge in [0.05, 0.1) is 49.5 Å². The maximum absolute atomic E-state index is 13.6. The first-order valence-electron chi connectivity index (χ1n) is 50.9. The monoisotopic (exact) mass is 2170 g/mol. The van der Waals surface area contributed by atoms with E-state index in [4.69, 9.17) is 76.2 Å². The number of ether oxygens (including phenoxy) is 4. The molecule has 0 atom stereocenters. The molecule has 6 N–H and O–H groups in total. The van der Waals surface area contributed by atoms with Gasteiger partial charge in [-0.25, -0.2) is 35.9 Å². The number of aromatic carboxylic acids is 1. The van der Waals surface area contributed by atoms with Crippen molar-refractivity contribution in [2.45, 2.75) is 338 Å². The van der Waals surface area contributed by atoms with Crippen LogP contribution in [0.2, 0.25) is 20.1 Å². The molecule has 0 bridgehead atoms. The maximum atomic E-state index is 13.6. The number of nitrogens with zero attached hydrogens (tertiary/aromatic N) is 4. The number of hydrogen-bond donors (Lipinski definition) is 5. The molecule has 29 nitrogen and oxygen atoms in total. The van der Waals surface area contributed by atoms with Crippen molar-refractivity contribution in [2.24, 2.45) is 45.3 Å².